The molecule has 2 aromatic carbocycles. The Morgan fingerprint density at radius 3 is 2.24 bits per heavy atom. The number of nitrogens with zero attached hydrogens (tertiary/aromatic N) is 4. The average Bonchev–Trinajstić information content (AvgIpc) is 3.50. The van der Waals surface area contributed by atoms with Gasteiger partial charge in [0.2, 0.25) is 0 Å². The van der Waals surface area contributed by atoms with E-state index >= 15 is 0 Å². The molecule has 0 spiro atoms. The maximum absolute atomic E-state index is 10.9. The van der Waals surface area contributed by atoms with Gasteiger partial charge in [-0.3, -0.25) is 15.1 Å². The lowest BCUT2D eigenvalue weighted by Gasteiger charge is -2.28. The summed E-state index contributed by atoms with van der Waals surface area (Å²) >= 11 is 7.41. The molecule has 1 fully saturated rings. The van der Waals surface area contributed by atoms with Crippen molar-refractivity contribution in [3.05, 3.63) is 113 Å². The molecule has 3 heterocycles. The van der Waals surface area contributed by atoms with Gasteiger partial charge in [-0.15, -0.1) is 0 Å². The van der Waals surface area contributed by atoms with Crippen molar-refractivity contribution in [1.29, 1.82) is 0 Å². The van der Waals surface area contributed by atoms with E-state index in [-0.39, 0.29) is 28.2 Å². The molecule has 1 aliphatic heterocycles. The van der Waals surface area contributed by atoms with Gasteiger partial charge in [-0.1, -0.05) is 17.8 Å². The number of benzene rings is 2. The number of nitro groups is 1. The second-order valence-electron chi connectivity index (χ2n) is 9.87. The lowest BCUT2D eigenvalue weighted by atomic mass is 9.98. The van der Waals surface area contributed by atoms with Crippen LogP contribution in [0.3, 0.4) is 0 Å². The molecule has 2 aromatic heterocycles. The topological polar surface area (TPSA) is 76.2 Å². The molecule has 0 bridgehead atoms. The standard InChI is InChI=1S/C28H27N5O2S2/c1-28(2,3)31-17-15-19(18-31)26-25(24-6-4-5-16-29-24)30-27(36)32(26)20-7-11-22(12-8-20)37-23-13-9-21(10-14-23)33(34)35/h4-18,25-26H,1-3H3,(H,30,36)/t25-,26+/m1/s1. The third kappa shape index (κ3) is 5.23. The van der Waals surface area contributed by atoms with Gasteiger partial charge < -0.3 is 14.8 Å². The van der Waals surface area contributed by atoms with E-state index < -0.39 is 0 Å². The quantitative estimate of drug-likeness (QED) is 0.166. The molecule has 1 aliphatic rings. The average molecular weight is 530 g/mol. The molecule has 9 heteroatoms. The number of anilines is 1. The summed E-state index contributed by atoms with van der Waals surface area (Å²) in [6.45, 7) is 6.55. The third-order valence-corrected chi connectivity index (χ3v) is 7.66. The molecule has 0 aliphatic carbocycles. The number of rotatable bonds is 6. The normalized spacial score (nSPS) is 17.6. The fourth-order valence-electron chi connectivity index (χ4n) is 4.42. The Balaban J connectivity index is 1.45. The molecule has 37 heavy (non-hydrogen) atoms. The zero-order chi connectivity index (χ0) is 26.2. The summed E-state index contributed by atoms with van der Waals surface area (Å²) in [5.41, 5.74) is 3.13. The maximum atomic E-state index is 10.9. The first kappa shape index (κ1) is 25.0. The van der Waals surface area contributed by atoms with Gasteiger partial charge in [0, 0.05) is 51.7 Å². The van der Waals surface area contributed by atoms with E-state index in [1.54, 1.807) is 23.9 Å². The highest BCUT2D eigenvalue weighted by atomic mass is 32.2. The highest BCUT2D eigenvalue weighted by Crippen LogP contribution is 2.42. The fraction of sp³-hybridized carbons (Fsp3) is 0.214. The Morgan fingerprint density at radius 1 is 1.00 bits per heavy atom. The van der Waals surface area contributed by atoms with Crippen molar-refractivity contribution in [1.82, 2.24) is 14.9 Å². The monoisotopic (exact) mass is 529 g/mol. The number of thiocarbonyl (C=S) groups is 1. The molecule has 4 aromatic rings. The lowest BCUT2D eigenvalue weighted by Crippen LogP contribution is -2.29. The first-order valence-corrected chi connectivity index (χ1v) is 13.1. The van der Waals surface area contributed by atoms with Crippen molar-refractivity contribution in [2.45, 2.75) is 48.2 Å². The Labute approximate surface area is 225 Å². The fourth-order valence-corrected chi connectivity index (χ4v) is 5.59. The molecule has 7 nitrogen and oxygen atoms in total. The van der Waals surface area contributed by atoms with E-state index in [1.807, 2.05) is 24.4 Å². The van der Waals surface area contributed by atoms with Gasteiger partial charge in [0.05, 0.1) is 22.7 Å². The van der Waals surface area contributed by atoms with Crippen LogP contribution in [0.1, 0.15) is 44.1 Å². The maximum Gasteiger partial charge on any atom is 0.269 e. The van der Waals surface area contributed by atoms with E-state index in [4.69, 9.17) is 12.2 Å². The Kier molecular flexibility index (Phi) is 6.74. The molecule has 0 saturated carbocycles. The number of aromatic nitrogens is 2. The van der Waals surface area contributed by atoms with Crippen LogP contribution in [-0.2, 0) is 5.54 Å². The molecule has 5 rings (SSSR count). The van der Waals surface area contributed by atoms with Gasteiger partial charge in [0.1, 0.15) is 0 Å². The molecular formula is C28H27N5O2S2. The van der Waals surface area contributed by atoms with E-state index in [1.165, 1.54) is 12.1 Å². The predicted octanol–water partition coefficient (Wildman–Crippen LogP) is 6.87. The summed E-state index contributed by atoms with van der Waals surface area (Å²) in [6.07, 6.45) is 6.13. The van der Waals surface area contributed by atoms with Crippen LogP contribution in [-0.4, -0.2) is 19.6 Å². The molecule has 0 amide bonds. The molecule has 1 saturated heterocycles. The van der Waals surface area contributed by atoms with Gasteiger partial charge in [-0.25, -0.2) is 0 Å². The Morgan fingerprint density at radius 2 is 1.68 bits per heavy atom. The van der Waals surface area contributed by atoms with Crippen molar-refractivity contribution in [3.8, 4) is 0 Å². The van der Waals surface area contributed by atoms with Crippen LogP contribution in [0.25, 0.3) is 0 Å². The van der Waals surface area contributed by atoms with Crippen molar-refractivity contribution < 1.29 is 4.92 Å². The smallest absolute Gasteiger partial charge is 0.269 e. The van der Waals surface area contributed by atoms with Crippen LogP contribution < -0.4 is 10.2 Å². The predicted molar refractivity (Wildman–Crippen MR) is 151 cm³/mol. The van der Waals surface area contributed by atoms with Crippen molar-refractivity contribution in [2.75, 3.05) is 4.90 Å². The SMILES string of the molecule is CC(C)(C)n1ccc([C@H]2[C@@H](c3ccccn3)NC(=S)N2c2ccc(Sc3ccc([N+](=O)[O-])cc3)cc2)c1. The zero-order valence-electron chi connectivity index (χ0n) is 20.7. The van der Waals surface area contributed by atoms with Crippen molar-refractivity contribution >= 4 is 40.5 Å². The lowest BCUT2D eigenvalue weighted by molar-refractivity contribution is -0.384. The van der Waals surface area contributed by atoms with E-state index in [2.05, 4.69) is 83.3 Å². The van der Waals surface area contributed by atoms with E-state index in [0.717, 1.165) is 26.7 Å². The summed E-state index contributed by atoms with van der Waals surface area (Å²) in [6, 6.07) is 22.8. The molecule has 2 atom stereocenters. The zero-order valence-corrected chi connectivity index (χ0v) is 22.4. The van der Waals surface area contributed by atoms with Crippen LogP contribution in [0.15, 0.2) is 101 Å². The summed E-state index contributed by atoms with van der Waals surface area (Å²) in [4.78, 5) is 19.3. The Bertz CT molecular complexity index is 1410. The number of non-ortho nitro benzene ring substituents is 1. The second-order valence-corrected chi connectivity index (χ2v) is 11.4. The highest BCUT2D eigenvalue weighted by molar-refractivity contribution is 7.99. The number of pyridine rings is 1. The van der Waals surface area contributed by atoms with Gasteiger partial charge in [0.25, 0.3) is 5.69 Å². The van der Waals surface area contributed by atoms with Gasteiger partial charge in [0.15, 0.2) is 5.11 Å². The van der Waals surface area contributed by atoms with Crippen LogP contribution in [0.4, 0.5) is 11.4 Å². The number of nitrogens with one attached hydrogen (secondary N) is 1. The summed E-state index contributed by atoms with van der Waals surface area (Å²) in [5.74, 6) is 0. The minimum Gasteiger partial charge on any atom is -0.351 e. The second kappa shape index (κ2) is 9.99. The first-order valence-electron chi connectivity index (χ1n) is 11.9. The van der Waals surface area contributed by atoms with E-state index in [0.29, 0.717) is 5.11 Å². The van der Waals surface area contributed by atoms with Gasteiger partial charge in [-0.05, 0) is 93.1 Å². The van der Waals surface area contributed by atoms with Crippen molar-refractivity contribution in [2.24, 2.45) is 0 Å². The molecular weight excluding hydrogens is 502 g/mol. The first-order chi connectivity index (χ1) is 17.7. The van der Waals surface area contributed by atoms with Crippen molar-refractivity contribution in [3.63, 3.8) is 0 Å². The summed E-state index contributed by atoms with van der Waals surface area (Å²) in [5, 5.41) is 15.1. The Hall–Kier alpha value is -3.69. The van der Waals surface area contributed by atoms with Crippen LogP contribution >= 0.6 is 24.0 Å². The highest BCUT2D eigenvalue weighted by Gasteiger charge is 2.41. The third-order valence-electron chi connectivity index (χ3n) is 6.33. The molecule has 0 unspecified atom stereocenters. The van der Waals surface area contributed by atoms with Crippen LogP contribution in [0.5, 0.6) is 0 Å². The largest absolute Gasteiger partial charge is 0.351 e. The number of hydrogen-bond donors (Lipinski definition) is 1. The van der Waals surface area contributed by atoms with E-state index in [9.17, 15) is 10.1 Å². The number of hydrogen-bond acceptors (Lipinski definition) is 5. The van der Waals surface area contributed by atoms with Gasteiger partial charge >= 0.3 is 0 Å². The molecule has 188 valence electrons. The minimum absolute atomic E-state index is 0.0349. The van der Waals surface area contributed by atoms with Gasteiger partial charge in [-0.2, -0.15) is 0 Å². The summed E-state index contributed by atoms with van der Waals surface area (Å²) < 4.78 is 2.22. The number of nitro benzene ring substituents is 1. The summed E-state index contributed by atoms with van der Waals surface area (Å²) in [7, 11) is 0. The van der Waals surface area contributed by atoms with Crippen LogP contribution in [0.2, 0.25) is 0 Å². The van der Waals surface area contributed by atoms with Crippen LogP contribution in [0, 0.1) is 10.1 Å². The molecule has 1 N–H and O–H groups in total. The molecule has 0 radical (unpaired) electrons. The minimum atomic E-state index is -0.388.